The molecule has 0 saturated heterocycles. The third-order valence-electron chi connectivity index (χ3n) is 3.52. The lowest BCUT2D eigenvalue weighted by molar-refractivity contribution is 0.134. The minimum Gasteiger partial charge on any atom is -0.372 e. The summed E-state index contributed by atoms with van der Waals surface area (Å²) in [5.41, 5.74) is 12.2. The van der Waals surface area contributed by atoms with Crippen LogP contribution in [0.4, 0.5) is 0 Å². The van der Waals surface area contributed by atoms with Gasteiger partial charge >= 0.3 is 0 Å². The predicted molar refractivity (Wildman–Crippen MR) is 69.9 cm³/mol. The van der Waals surface area contributed by atoms with Crippen molar-refractivity contribution in [2.45, 2.75) is 26.2 Å². The molecule has 0 spiro atoms. The van der Waals surface area contributed by atoms with Gasteiger partial charge in [-0.1, -0.05) is 18.2 Å². The highest BCUT2D eigenvalue weighted by molar-refractivity contribution is 5.39. The number of hydrogen-bond donors (Lipinski definition) is 1. The second kappa shape index (κ2) is 4.52. The van der Waals surface area contributed by atoms with Crippen molar-refractivity contribution < 1.29 is 4.74 Å². The second-order valence-corrected chi connectivity index (χ2v) is 4.73. The maximum atomic E-state index is 6.33. The minimum absolute atomic E-state index is 0.121. The van der Waals surface area contributed by atoms with Gasteiger partial charge in [-0.3, -0.25) is 4.98 Å². The van der Waals surface area contributed by atoms with Crippen LogP contribution in [-0.4, -0.2) is 4.98 Å². The Labute approximate surface area is 107 Å². The van der Waals surface area contributed by atoms with E-state index in [1.165, 1.54) is 16.7 Å². The number of ether oxygens (including phenoxy) is 1. The molecule has 3 nitrogen and oxygen atoms in total. The lowest BCUT2D eigenvalue weighted by Crippen LogP contribution is -2.13. The molecule has 1 aliphatic rings. The van der Waals surface area contributed by atoms with Crippen LogP contribution in [0.2, 0.25) is 0 Å². The average Bonchev–Trinajstić information content (AvgIpc) is 2.85. The first kappa shape index (κ1) is 11.4. The van der Waals surface area contributed by atoms with E-state index in [1.54, 1.807) is 6.20 Å². The number of benzene rings is 1. The van der Waals surface area contributed by atoms with E-state index in [2.05, 4.69) is 30.1 Å². The summed E-state index contributed by atoms with van der Waals surface area (Å²) in [4.78, 5) is 4.16. The topological polar surface area (TPSA) is 48.1 Å². The molecule has 1 atom stereocenters. The molecule has 1 unspecified atom stereocenters. The highest BCUT2D eigenvalue weighted by atomic mass is 16.5. The van der Waals surface area contributed by atoms with Crippen LogP contribution in [-0.2, 0) is 18.0 Å². The average molecular weight is 240 g/mol. The number of hydrogen-bond acceptors (Lipinski definition) is 3. The summed E-state index contributed by atoms with van der Waals surface area (Å²) in [6.07, 6.45) is 3.64. The van der Waals surface area contributed by atoms with Gasteiger partial charge in [0.2, 0.25) is 0 Å². The molecule has 2 heterocycles. The Morgan fingerprint density at radius 1 is 1.22 bits per heavy atom. The summed E-state index contributed by atoms with van der Waals surface area (Å²) in [6.45, 7) is 3.48. The highest BCUT2D eigenvalue weighted by Crippen LogP contribution is 2.27. The molecule has 0 bridgehead atoms. The van der Waals surface area contributed by atoms with E-state index in [0.717, 1.165) is 17.7 Å². The normalized spacial score (nSPS) is 15.4. The Bertz CT molecular complexity index is 580. The van der Waals surface area contributed by atoms with Gasteiger partial charge in [-0.2, -0.15) is 0 Å². The van der Waals surface area contributed by atoms with Crippen LogP contribution in [0.15, 0.2) is 36.7 Å². The van der Waals surface area contributed by atoms with Gasteiger partial charge in [0.25, 0.3) is 0 Å². The van der Waals surface area contributed by atoms with Gasteiger partial charge in [0, 0.05) is 12.4 Å². The van der Waals surface area contributed by atoms with Gasteiger partial charge in [0.15, 0.2) is 0 Å². The van der Waals surface area contributed by atoms with Crippen LogP contribution >= 0.6 is 0 Å². The van der Waals surface area contributed by atoms with Gasteiger partial charge < -0.3 is 10.5 Å². The molecule has 0 radical (unpaired) electrons. The van der Waals surface area contributed by atoms with Crippen molar-refractivity contribution in [3.63, 3.8) is 0 Å². The lowest BCUT2D eigenvalue weighted by Gasteiger charge is -2.15. The second-order valence-electron chi connectivity index (χ2n) is 4.73. The zero-order valence-electron chi connectivity index (χ0n) is 10.4. The van der Waals surface area contributed by atoms with E-state index in [9.17, 15) is 0 Å². The molecule has 1 aromatic carbocycles. The third-order valence-corrected chi connectivity index (χ3v) is 3.52. The van der Waals surface area contributed by atoms with Gasteiger partial charge in [0.1, 0.15) is 0 Å². The summed E-state index contributed by atoms with van der Waals surface area (Å²) in [6, 6.07) is 8.23. The lowest BCUT2D eigenvalue weighted by atomic mass is 9.95. The van der Waals surface area contributed by atoms with Crippen LogP contribution in [0.25, 0.3) is 0 Å². The SMILES string of the molecule is Cc1ccncc1C(N)c1ccc2c(c1)COC2. The Morgan fingerprint density at radius 3 is 2.89 bits per heavy atom. The Hall–Kier alpha value is -1.71. The fraction of sp³-hybridized carbons (Fsp3) is 0.267. The van der Waals surface area contributed by atoms with E-state index in [4.69, 9.17) is 10.5 Å². The van der Waals surface area contributed by atoms with Crippen LogP contribution in [0.3, 0.4) is 0 Å². The van der Waals surface area contributed by atoms with Crippen LogP contribution in [0.5, 0.6) is 0 Å². The molecule has 2 N–H and O–H groups in total. The first-order chi connectivity index (χ1) is 8.75. The third kappa shape index (κ3) is 1.92. The summed E-state index contributed by atoms with van der Waals surface area (Å²) in [5, 5.41) is 0. The molecule has 2 aromatic rings. The van der Waals surface area contributed by atoms with Crippen molar-refractivity contribution in [3.8, 4) is 0 Å². The molecule has 0 amide bonds. The monoisotopic (exact) mass is 240 g/mol. The van der Waals surface area contributed by atoms with Crippen molar-refractivity contribution in [3.05, 3.63) is 64.5 Å². The Balaban J connectivity index is 1.98. The smallest absolute Gasteiger partial charge is 0.0725 e. The van der Waals surface area contributed by atoms with E-state index < -0.39 is 0 Å². The van der Waals surface area contributed by atoms with Crippen molar-refractivity contribution in [2.75, 3.05) is 0 Å². The summed E-state index contributed by atoms with van der Waals surface area (Å²) < 4.78 is 5.43. The molecule has 0 saturated carbocycles. The zero-order chi connectivity index (χ0) is 12.5. The summed E-state index contributed by atoms with van der Waals surface area (Å²) >= 11 is 0. The van der Waals surface area contributed by atoms with Crippen LogP contribution in [0, 0.1) is 6.92 Å². The predicted octanol–water partition coefficient (Wildman–Crippen LogP) is 2.47. The van der Waals surface area contributed by atoms with E-state index in [1.807, 2.05) is 12.3 Å². The molecule has 3 rings (SSSR count). The molecule has 0 fully saturated rings. The van der Waals surface area contributed by atoms with Crippen molar-refractivity contribution in [1.82, 2.24) is 4.98 Å². The van der Waals surface area contributed by atoms with Crippen molar-refractivity contribution >= 4 is 0 Å². The maximum Gasteiger partial charge on any atom is 0.0725 e. The molecule has 3 heteroatoms. The molecular formula is C15H16N2O. The number of rotatable bonds is 2. The molecule has 0 aliphatic carbocycles. The highest BCUT2D eigenvalue weighted by Gasteiger charge is 2.16. The molecule has 1 aromatic heterocycles. The minimum atomic E-state index is -0.121. The summed E-state index contributed by atoms with van der Waals surface area (Å²) in [7, 11) is 0. The zero-order valence-corrected chi connectivity index (χ0v) is 10.4. The van der Waals surface area contributed by atoms with Crippen LogP contribution < -0.4 is 5.73 Å². The van der Waals surface area contributed by atoms with Crippen molar-refractivity contribution in [2.24, 2.45) is 5.73 Å². The van der Waals surface area contributed by atoms with E-state index >= 15 is 0 Å². The number of nitrogens with zero attached hydrogens (tertiary/aromatic N) is 1. The van der Waals surface area contributed by atoms with Gasteiger partial charge in [-0.25, -0.2) is 0 Å². The maximum absolute atomic E-state index is 6.33. The van der Waals surface area contributed by atoms with Crippen LogP contribution in [0.1, 0.15) is 33.9 Å². The number of pyridine rings is 1. The van der Waals surface area contributed by atoms with Crippen molar-refractivity contribution in [1.29, 1.82) is 0 Å². The van der Waals surface area contributed by atoms with E-state index in [-0.39, 0.29) is 6.04 Å². The van der Waals surface area contributed by atoms with Gasteiger partial charge in [-0.05, 0) is 40.8 Å². The largest absolute Gasteiger partial charge is 0.372 e. The number of fused-ring (bicyclic) bond motifs is 1. The number of nitrogens with two attached hydrogens (primary N) is 1. The first-order valence-electron chi connectivity index (χ1n) is 6.11. The standard InChI is InChI=1S/C15H16N2O/c1-10-4-5-17-7-14(10)15(16)11-2-3-12-8-18-9-13(12)6-11/h2-7,15H,8-9,16H2,1H3. The summed E-state index contributed by atoms with van der Waals surface area (Å²) in [5.74, 6) is 0. The van der Waals surface area contributed by atoms with Gasteiger partial charge in [-0.15, -0.1) is 0 Å². The quantitative estimate of drug-likeness (QED) is 0.877. The molecule has 1 aliphatic heterocycles. The fourth-order valence-corrected chi connectivity index (χ4v) is 2.37. The number of aryl methyl sites for hydroxylation is 1. The molecular weight excluding hydrogens is 224 g/mol. The number of aromatic nitrogens is 1. The van der Waals surface area contributed by atoms with E-state index in [0.29, 0.717) is 6.61 Å². The van der Waals surface area contributed by atoms with Gasteiger partial charge in [0.05, 0.1) is 19.3 Å². The fourth-order valence-electron chi connectivity index (χ4n) is 2.37. The Kier molecular flexibility index (Phi) is 2.86. The Morgan fingerprint density at radius 2 is 2.06 bits per heavy atom. The molecule has 92 valence electrons. The first-order valence-corrected chi connectivity index (χ1v) is 6.11. The molecule has 18 heavy (non-hydrogen) atoms.